The van der Waals surface area contributed by atoms with Crippen molar-refractivity contribution >= 4 is 17.8 Å². The van der Waals surface area contributed by atoms with Crippen LogP contribution >= 0.6 is 0 Å². The number of benzene rings is 1. The number of nitrogens with one attached hydrogen (secondary N) is 1. The average Bonchev–Trinajstić information content (AvgIpc) is 2.47. The van der Waals surface area contributed by atoms with Crippen molar-refractivity contribution in [1.82, 2.24) is 5.32 Å². The second-order valence-electron chi connectivity index (χ2n) is 5.06. The van der Waals surface area contributed by atoms with Crippen LogP contribution in [0.4, 0.5) is 0 Å². The lowest BCUT2D eigenvalue weighted by atomic mass is 9.95. The number of hydrogen-bond donors (Lipinski definition) is 1. The van der Waals surface area contributed by atoms with E-state index in [0.29, 0.717) is 0 Å². The quantitative estimate of drug-likeness (QED) is 0.742. The molecule has 0 aliphatic rings. The number of aryl methyl sites for hydroxylation is 1. The summed E-state index contributed by atoms with van der Waals surface area (Å²) in [5.74, 6) is -2.18. The number of rotatable bonds is 7. The molecule has 0 radical (unpaired) electrons. The van der Waals surface area contributed by atoms with Crippen LogP contribution in [0.25, 0.3) is 0 Å². The van der Waals surface area contributed by atoms with Crippen molar-refractivity contribution in [3.8, 4) is 0 Å². The molecule has 1 aromatic rings. The molecule has 1 N–H and O–H groups in total. The molecule has 22 heavy (non-hydrogen) atoms. The number of carboxylic acid groups (broad SMARTS) is 1. The molecule has 1 atom stereocenters. The van der Waals surface area contributed by atoms with E-state index in [1.54, 1.807) is 0 Å². The lowest BCUT2D eigenvalue weighted by molar-refractivity contribution is -0.305. The molecular formula is C16H20NO5-. The van der Waals surface area contributed by atoms with E-state index in [1.807, 2.05) is 32.0 Å². The highest BCUT2D eigenvalue weighted by molar-refractivity contribution is 5.81. The van der Waals surface area contributed by atoms with Gasteiger partial charge in [-0.15, -0.1) is 0 Å². The Bertz CT molecular complexity index is 568. The van der Waals surface area contributed by atoms with Gasteiger partial charge in [-0.3, -0.25) is 9.59 Å². The molecule has 0 unspecified atom stereocenters. The fourth-order valence-electron chi connectivity index (χ4n) is 2.12. The van der Waals surface area contributed by atoms with Crippen LogP contribution in [-0.4, -0.2) is 25.0 Å². The van der Waals surface area contributed by atoms with Crippen LogP contribution in [0.5, 0.6) is 0 Å². The van der Waals surface area contributed by atoms with E-state index in [2.05, 4.69) is 10.1 Å². The SMILES string of the molecule is COC(=O)C[C@@H](NC(=O)CCC(=O)[O-])c1cccc(C)c1C. The van der Waals surface area contributed by atoms with Gasteiger partial charge in [-0.1, -0.05) is 18.2 Å². The zero-order valence-corrected chi connectivity index (χ0v) is 13.0. The molecule has 6 nitrogen and oxygen atoms in total. The highest BCUT2D eigenvalue weighted by Gasteiger charge is 2.20. The summed E-state index contributed by atoms with van der Waals surface area (Å²) in [6.45, 7) is 3.84. The second-order valence-corrected chi connectivity index (χ2v) is 5.06. The van der Waals surface area contributed by atoms with Gasteiger partial charge in [0.15, 0.2) is 0 Å². The molecule has 0 bridgehead atoms. The summed E-state index contributed by atoms with van der Waals surface area (Å²) >= 11 is 0. The van der Waals surface area contributed by atoms with Crippen molar-refractivity contribution in [3.63, 3.8) is 0 Å². The minimum atomic E-state index is -1.29. The normalized spacial score (nSPS) is 11.6. The van der Waals surface area contributed by atoms with Crippen molar-refractivity contribution in [1.29, 1.82) is 0 Å². The van der Waals surface area contributed by atoms with Crippen LogP contribution in [0, 0.1) is 13.8 Å². The van der Waals surface area contributed by atoms with Crippen LogP contribution < -0.4 is 10.4 Å². The molecule has 0 aliphatic carbocycles. The van der Waals surface area contributed by atoms with E-state index in [0.717, 1.165) is 16.7 Å². The van der Waals surface area contributed by atoms with Gasteiger partial charge >= 0.3 is 5.97 Å². The Hall–Kier alpha value is -2.37. The largest absolute Gasteiger partial charge is 0.550 e. The highest BCUT2D eigenvalue weighted by atomic mass is 16.5. The monoisotopic (exact) mass is 306 g/mol. The van der Waals surface area contributed by atoms with Gasteiger partial charge in [-0.2, -0.15) is 0 Å². The van der Waals surface area contributed by atoms with Crippen LogP contribution in [0.1, 0.15) is 42.0 Å². The minimum absolute atomic E-state index is 0.0160. The zero-order chi connectivity index (χ0) is 16.7. The number of carboxylic acids is 1. The van der Waals surface area contributed by atoms with Gasteiger partial charge in [0, 0.05) is 12.4 Å². The molecule has 0 fully saturated rings. The second kappa shape index (κ2) is 8.17. The molecule has 0 aliphatic heterocycles. The van der Waals surface area contributed by atoms with E-state index in [1.165, 1.54) is 7.11 Å². The fourth-order valence-corrected chi connectivity index (χ4v) is 2.12. The van der Waals surface area contributed by atoms with Gasteiger partial charge in [-0.25, -0.2) is 0 Å². The summed E-state index contributed by atoms with van der Waals surface area (Å²) in [5.41, 5.74) is 2.82. The van der Waals surface area contributed by atoms with Gasteiger partial charge in [0.2, 0.25) is 5.91 Å². The predicted molar refractivity (Wildman–Crippen MR) is 77.7 cm³/mol. The van der Waals surface area contributed by atoms with Gasteiger partial charge in [0.1, 0.15) is 0 Å². The molecule has 0 saturated carbocycles. The van der Waals surface area contributed by atoms with E-state index >= 15 is 0 Å². The Morgan fingerprint density at radius 2 is 1.91 bits per heavy atom. The summed E-state index contributed by atoms with van der Waals surface area (Å²) in [6, 6.07) is 5.05. The number of methoxy groups -OCH3 is 1. The number of aliphatic carboxylic acids is 1. The first kappa shape index (κ1) is 17.7. The average molecular weight is 306 g/mol. The first-order valence-corrected chi connectivity index (χ1v) is 6.97. The third-order valence-corrected chi connectivity index (χ3v) is 3.51. The van der Waals surface area contributed by atoms with Gasteiger partial charge < -0.3 is 20.0 Å². The third-order valence-electron chi connectivity index (χ3n) is 3.51. The van der Waals surface area contributed by atoms with Crippen LogP contribution in [0.2, 0.25) is 0 Å². The number of hydrogen-bond acceptors (Lipinski definition) is 5. The third kappa shape index (κ3) is 5.20. The summed E-state index contributed by atoms with van der Waals surface area (Å²) in [4.78, 5) is 33.8. The van der Waals surface area contributed by atoms with Gasteiger partial charge in [0.25, 0.3) is 0 Å². The summed E-state index contributed by atoms with van der Waals surface area (Å²) in [7, 11) is 1.28. The van der Waals surface area contributed by atoms with Crippen LogP contribution in [0.3, 0.4) is 0 Å². The van der Waals surface area contributed by atoms with E-state index in [-0.39, 0.29) is 19.3 Å². The van der Waals surface area contributed by atoms with Gasteiger partial charge in [-0.05, 0) is 37.0 Å². The first-order chi connectivity index (χ1) is 10.3. The Morgan fingerprint density at radius 1 is 1.23 bits per heavy atom. The smallest absolute Gasteiger partial charge is 0.307 e. The number of esters is 1. The molecule has 0 saturated heterocycles. The Kier molecular flexibility index (Phi) is 6.56. The number of amides is 1. The zero-order valence-electron chi connectivity index (χ0n) is 13.0. The van der Waals surface area contributed by atoms with E-state index in [9.17, 15) is 19.5 Å². The lowest BCUT2D eigenvalue weighted by Crippen LogP contribution is -2.32. The van der Waals surface area contributed by atoms with Crippen LogP contribution in [-0.2, 0) is 19.1 Å². The van der Waals surface area contributed by atoms with Crippen molar-refractivity contribution in [3.05, 3.63) is 34.9 Å². The maximum absolute atomic E-state index is 11.8. The minimum Gasteiger partial charge on any atom is -0.550 e. The highest BCUT2D eigenvalue weighted by Crippen LogP contribution is 2.23. The van der Waals surface area contributed by atoms with Gasteiger partial charge in [0.05, 0.1) is 19.6 Å². The molecule has 1 rings (SSSR count). The maximum atomic E-state index is 11.8. The number of carbonyl (C=O) groups is 3. The van der Waals surface area contributed by atoms with E-state index < -0.39 is 23.9 Å². The Morgan fingerprint density at radius 3 is 2.50 bits per heavy atom. The topological polar surface area (TPSA) is 95.5 Å². The van der Waals surface area contributed by atoms with Crippen molar-refractivity contribution in [2.45, 2.75) is 39.2 Å². The Labute approximate surface area is 129 Å². The fraction of sp³-hybridized carbons (Fsp3) is 0.438. The molecule has 0 spiro atoms. The lowest BCUT2D eigenvalue weighted by Gasteiger charge is -2.21. The number of carbonyl (C=O) groups excluding carboxylic acids is 3. The molecule has 120 valence electrons. The molecule has 6 heteroatoms. The first-order valence-electron chi connectivity index (χ1n) is 6.97. The molecular weight excluding hydrogens is 286 g/mol. The molecule has 1 amide bonds. The van der Waals surface area contributed by atoms with Crippen LogP contribution in [0.15, 0.2) is 18.2 Å². The molecule has 1 aromatic carbocycles. The maximum Gasteiger partial charge on any atom is 0.307 e. The predicted octanol–water partition coefficient (Wildman–Crippen LogP) is 0.554. The molecule has 0 aromatic heterocycles. The van der Waals surface area contributed by atoms with Crippen molar-refractivity contribution in [2.24, 2.45) is 0 Å². The number of ether oxygens (including phenoxy) is 1. The Balaban J connectivity index is 2.93. The van der Waals surface area contributed by atoms with Crippen molar-refractivity contribution in [2.75, 3.05) is 7.11 Å². The summed E-state index contributed by atoms with van der Waals surface area (Å²) < 4.78 is 4.66. The standard InChI is InChI=1S/C16H21NO5/c1-10-5-4-6-12(11(10)2)13(9-16(21)22-3)17-14(18)7-8-15(19)20/h4-6,13H,7-9H2,1-3H3,(H,17,18)(H,19,20)/p-1/t13-/m1/s1. The van der Waals surface area contributed by atoms with E-state index in [4.69, 9.17) is 0 Å². The van der Waals surface area contributed by atoms with Crippen molar-refractivity contribution < 1.29 is 24.2 Å². The summed E-state index contributed by atoms with van der Waals surface area (Å²) in [6.07, 6.45) is -0.563. The molecule has 0 heterocycles. The summed E-state index contributed by atoms with van der Waals surface area (Å²) in [5, 5.41) is 13.1.